The Labute approximate surface area is 161 Å². The number of alkyl halides is 3. The minimum absolute atomic E-state index is 0.110. The molecule has 3 rings (SSSR count). The van der Waals surface area contributed by atoms with Crippen LogP contribution in [-0.2, 0) is 6.54 Å². The maximum Gasteiger partial charge on any atom is 0.408 e. The summed E-state index contributed by atoms with van der Waals surface area (Å²) in [4.78, 5) is 16.3. The van der Waals surface area contributed by atoms with Gasteiger partial charge in [0.05, 0.1) is 11.6 Å². The van der Waals surface area contributed by atoms with Crippen molar-refractivity contribution in [3.05, 3.63) is 18.2 Å². The molecule has 7 nitrogen and oxygen atoms in total. The van der Waals surface area contributed by atoms with Crippen LogP contribution in [0.3, 0.4) is 0 Å². The van der Waals surface area contributed by atoms with Gasteiger partial charge in [0.25, 0.3) is 0 Å². The lowest BCUT2D eigenvalue weighted by Crippen LogP contribution is -2.48. The third-order valence-corrected chi connectivity index (χ3v) is 4.44. The van der Waals surface area contributed by atoms with Gasteiger partial charge in [-0.25, -0.2) is 4.79 Å². The van der Waals surface area contributed by atoms with E-state index in [9.17, 15) is 18.0 Å². The Hall–Kier alpha value is -2.49. The first-order valence-electron chi connectivity index (χ1n) is 9.11. The summed E-state index contributed by atoms with van der Waals surface area (Å²) >= 11 is 0. The minimum Gasteiger partial charge on any atom is -0.491 e. The summed E-state index contributed by atoms with van der Waals surface area (Å²) in [5.74, 6) is 0.557. The summed E-state index contributed by atoms with van der Waals surface area (Å²) in [5, 5.41) is 7.11. The number of benzene rings is 1. The van der Waals surface area contributed by atoms with Crippen molar-refractivity contribution in [1.29, 1.82) is 0 Å². The van der Waals surface area contributed by atoms with E-state index in [0.717, 1.165) is 17.8 Å². The van der Waals surface area contributed by atoms with Crippen LogP contribution in [0.2, 0.25) is 0 Å². The molecule has 1 N–H and O–H groups in total. The van der Waals surface area contributed by atoms with Crippen LogP contribution < -0.4 is 10.1 Å². The van der Waals surface area contributed by atoms with Gasteiger partial charge in [-0.3, -0.25) is 10.00 Å². The molecule has 0 bridgehead atoms. The number of urea groups is 1. The number of aromatic nitrogens is 2. The van der Waals surface area contributed by atoms with Crippen LogP contribution in [0.5, 0.6) is 5.75 Å². The van der Waals surface area contributed by atoms with Crippen LogP contribution in [0.1, 0.15) is 13.8 Å². The highest BCUT2D eigenvalue weighted by molar-refractivity contribution is 5.99. The first-order chi connectivity index (χ1) is 13.1. The van der Waals surface area contributed by atoms with E-state index in [1.807, 2.05) is 20.9 Å². The summed E-state index contributed by atoms with van der Waals surface area (Å²) in [7, 11) is 1.97. The van der Waals surface area contributed by atoms with E-state index in [1.54, 1.807) is 17.0 Å². The normalized spacial score (nSPS) is 16.0. The van der Waals surface area contributed by atoms with Crippen molar-refractivity contribution in [2.75, 3.05) is 38.5 Å². The highest BCUT2D eigenvalue weighted by atomic mass is 19.4. The molecular formula is C18H24F3N5O2. The lowest BCUT2D eigenvalue weighted by Gasteiger charge is -2.32. The smallest absolute Gasteiger partial charge is 0.408 e. The van der Waals surface area contributed by atoms with Gasteiger partial charge >= 0.3 is 12.2 Å². The second-order valence-corrected chi connectivity index (χ2v) is 7.19. The Morgan fingerprint density at radius 2 is 1.93 bits per heavy atom. The molecule has 1 aromatic heterocycles. The van der Waals surface area contributed by atoms with Crippen LogP contribution in [0.25, 0.3) is 10.9 Å². The first kappa shape index (κ1) is 20.2. The number of rotatable bonds is 4. The molecule has 0 unspecified atom stereocenters. The number of anilines is 1. The van der Waals surface area contributed by atoms with Crippen molar-refractivity contribution in [2.45, 2.75) is 32.7 Å². The maximum absolute atomic E-state index is 13.0. The number of carbonyl (C=O) groups excluding carboxylic acids is 1. The summed E-state index contributed by atoms with van der Waals surface area (Å²) in [6, 6.07) is 4.42. The second kappa shape index (κ2) is 7.86. The topological polar surface area (TPSA) is 62.6 Å². The fourth-order valence-corrected chi connectivity index (χ4v) is 3.07. The monoisotopic (exact) mass is 399 g/mol. The van der Waals surface area contributed by atoms with E-state index >= 15 is 0 Å². The molecule has 2 aromatic rings. The number of amides is 2. The van der Waals surface area contributed by atoms with Crippen molar-refractivity contribution in [1.82, 2.24) is 19.6 Å². The molecular weight excluding hydrogens is 375 g/mol. The number of nitrogens with zero attached hydrogens (tertiary/aromatic N) is 4. The SMILES string of the molecule is CC(C)Oc1ccc2c(NC(=O)N3CCN(C)CC3)nn(CC(F)(F)F)c2c1. The third-order valence-electron chi connectivity index (χ3n) is 4.44. The van der Waals surface area contributed by atoms with E-state index in [0.29, 0.717) is 24.2 Å². The number of hydrogen-bond acceptors (Lipinski definition) is 4. The predicted molar refractivity (Wildman–Crippen MR) is 99.6 cm³/mol. The van der Waals surface area contributed by atoms with Gasteiger partial charge in [0.2, 0.25) is 0 Å². The standard InChI is InChI=1S/C18H24F3N5O2/c1-12(2)28-13-4-5-14-15(10-13)26(11-18(19,20)21)23-16(14)22-17(27)25-8-6-24(3)7-9-25/h4-5,10,12H,6-9,11H2,1-3H3,(H,22,23,27). The lowest BCUT2D eigenvalue weighted by molar-refractivity contribution is -0.141. The van der Waals surface area contributed by atoms with E-state index < -0.39 is 12.7 Å². The van der Waals surface area contributed by atoms with Gasteiger partial charge in [0, 0.05) is 37.6 Å². The molecule has 154 valence electrons. The number of nitrogens with one attached hydrogen (secondary N) is 1. The average molecular weight is 399 g/mol. The minimum atomic E-state index is -4.44. The number of piperazine rings is 1. The number of halogens is 3. The largest absolute Gasteiger partial charge is 0.491 e. The fraction of sp³-hybridized carbons (Fsp3) is 0.556. The quantitative estimate of drug-likeness (QED) is 0.858. The Bertz CT molecular complexity index is 842. The van der Waals surface area contributed by atoms with E-state index in [2.05, 4.69) is 15.3 Å². The molecule has 0 aliphatic carbocycles. The zero-order valence-electron chi connectivity index (χ0n) is 16.1. The van der Waals surface area contributed by atoms with Crippen LogP contribution in [0.4, 0.5) is 23.8 Å². The molecule has 10 heteroatoms. The van der Waals surface area contributed by atoms with Gasteiger partial charge < -0.3 is 14.5 Å². The highest BCUT2D eigenvalue weighted by Gasteiger charge is 2.30. The number of likely N-dealkylation sites (N-methyl/N-ethyl adjacent to an activating group) is 1. The fourth-order valence-electron chi connectivity index (χ4n) is 3.07. The molecule has 1 fully saturated rings. The molecule has 1 aliphatic heterocycles. The molecule has 0 spiro atoms. The molecule has 1 aliphatic rings. The van der Waals surface area contributed by atoms with Crippen molar-refractivity contribution in [3.8, 4) is 5.75 Å². The summed E-state index contributed by atoms with van der Waals surface area (Å²) < 4.78 is 45.4. The van der Waals surface area contributed by atoms with Crippen molar-refractivity contribution in [3.63, 3.8) is 0 Å². The summed E-state index contributed by atoms with van der Waals surface area (Å²) in [6.07, 6.45) is -4.56. The molecule has 1 saturated heterocycles. The first-order valence-corrected chi connectivity index (χ1v) is 9.11. The van der Waals surface area contributed by atoms with Gasteiger partial charge in [-0.1, -0.05) is 0 Å². The molecule has 1 aromatic carbocycles. The molecule has 28 heavy (non-hydrogen) atoms. The van der Waals surface area contributed by atoms with E-state index in [-0.39, 0.29) is 23.5 Å². The Morgan fingerprint density at radius 1 is 1.25 bits per heavy atom. The molecule has 0 atom stereocenters. The van der Waals surface area contributed by atoms with Crippen molar-refractivity contribution >= 4 is 22.8 Å². The number of fused-ring (bicyclic) bond motifs is 1. The van der Waals surface area contributed by atoms with E-state index in [4.69, 9.17) is 4.74 Å². The molecule has 2 amide bonds. The van der Waals surface area contributed by atoms with Crippen molar-refractivity contribution in [2.24, 2.45) is 0 Å². The number of carbonyl (C=O) groups is 1. The lowest BCUT2D eigenvalue weighted by atomic mass is 10.2. The Kier molecular flexibility index (Phi) is 5.69. The Morgan fingerprint density at radius 3 is 2.54 bits per heavy atom. The summed E-state index contributed by atoms with van der Waals surface area (Å²) in [5.41, 5.74) is 0.254. The van der Waals surface area contributed by atoms with Gasteiger partial charge in [0.1, 0.15) is 12.3 Å². The average Bonchev–Trinajstić information content (AvgIpc) is 2.90. The maximum atomic E-state index is 13.0. The number of hydrogen-bond donors (Lipinski definition) is 1. The van der Waals surface area contributed by atoms with E-state index in [1.165, 1.54) is 6.07 Å². The zero-order chi connectivity index (χ0) is 20.5. The Balaban J connectivity index is 1.89. The number of ether oxygens (including phenoxy) is 1. The highest BCUT2D eigenvalue weighted by Crippen LogP contribution is 2.30. The predicted octanol–water partition coefficient (Wildman–Crippen LogP) is 3.17. The van der Waals surface area contributed by atoms with Crippen LogP contribution in [0, 0.1) is 0 Å². The molecule has 2 heterocycles. The zero-order valence-corrected chi connectivity index (χ0v) is 16.1. The van der Waals surface area contributed by atoms with Gasteiger partial charge in [-0.05, 0) is 33.0 Å². The van der Waals surface area contributed by atoms with Crippen molar-refractivity contribution < 1.29 is 22.7 Å². The summed E-state index contributed by atoms with van der Waals surface area (Å²) in [6.45, 7) is 5.00. The van der Waals surface area contributed by atoms with Crippen LogP contribution in [0.15, 0.2) is 18.2 Å². The van der Waals surface area contributed by atoms with Gasteiger partial charge in [-0.15, -0.1) is 0 Å². The van der Waals surface area contributed by atoms with Gasteiger partial charge in [-0.2, -0.15) is 18.3 Å². The van der Waals surface area contributed by atoms with Gasteiger partial charge in [0.15, 0.2) is 5.82 Å². The van der Waals surface area contributed by atoms with Crippen LogP contribution >= 0.6 is 0 Å². The molecule has 0 radical (unpaired) electrons. The molecule has 0 saturated carbocycles. The van der Waals surface area contributed by atoms with Crippen LogP contribution in [-0.4, -0.2) is 71.1 Å². The second-order valence-electron chi connectivity index (χ2n) is 7.19. The third kappa shape index (κ3) is 4.86.